The first kappa shape index (κ1) is 8.43. The summed E-state index contributed by atoms with van der Waals surface area (Å²) >= 11 is 0. The van der Waals surface area contributed by atoms with Crippen LogP contribution in [0.4, 0.5) is 8.78 Å². The maximum absolute atomic E-state index is 12.5. The van der Waals surface area contributed by atoms with Crippen LogP contribution in [-0.2, 0) is 9.53 Å². The molecule has 0 unspecified atom stereocenters. The van der Waals surface area contributed by atoms with Crippen molar-refractivity contribution in [1.29, 1.82) is 0 Å². The van der Waals surface area contributed by atoms with Gasteiger partial charge in [-0.25, -0.2) is 8.78 Å². The molecule has 0 N–H and O–H groups in total. The molecule has 0 spiro atoms. The summed E-state index contributed by atoms with van der Waals surface area (Å²) in [6.45, 7) is 2.98. The molecular formula is C7H10F2O2. The summed E-state index contributed by atoms with van der Waals surface area (Å²) < 4.78 is 29.4. The van der Waals surface area contributed by atoms with E-state index < -0.39 is 17.3 Å². The molecule has 1 fully saturated rings. The fourth-order valence-corrected chi connectivity index (χ4v) is 0.912. The molecule has 4 heteroatoms. The lowest BCUT2D eigenvalue weighted by molar-refractivity contribution is -0.152. The highest BCUT2D eigenvalue weighted by Crippen LogP contribution is 2.60. The number of rotatable bonds is 2. The predicted octanol–water partition coefficient (Wildman–Crippen LogP) is 1.59. The molecule has 0 bridgehead atoms. The van der Waals surface area contributed by atoms with E-state index in [4.69, 9.17) is 0 Å². The summed E-state index contributed by atoms with van der Waals surface area (Å²) in [5, 5.41) is 0. The van der Waals surface area contributed by atoms with Crippen LogP contribution in [0.1, 0.15) is 20.3 Å². The van der Waals surface area contributed by atoms with Crippen LogP contribution in [0.25, 0.3) is 0 Å². The van der Waals surface area contributed by atoms with E-state index in [0.717, 1.165) is 0 Å². The van der Waals surface area contributed by atoms with Crippen LogP contribution in [0, 0.1) is 5.41 Å². The van der Waals surface area contributed by atoms with Gasteiger partial charge in [0.05, 0.1) is 6.61 Å². The van der Waals surface area contributed by atoms with Gasteiger partial charge in [0, 0.05) is 6.42 Å². The minimum absolute atomic E-state index is 0.157. The van der Waals surface area contributed by atoms with Crippen molar-refractivity contribution in [2.24, 2.45) is 5.41 Å². The van der Waals surface area contributed by atoms with Crippen molar-refractivity contribution in [3.63, 3.8) is 0 Å². The zero-order valence-electron chi connectivity index (χ0n) is 6.49. The number of halogens is 2. The third-order valence-electron chi connectivity index (χ3n) is 1.98. The van der Waals surface area contributed by atoms with Crippen molar-refractivity contribution in [2.45, 2.75) is 26.2 Å². The third kappa shape index (κ3) is 1.10. The van der Waals surface area contributed by atoms with E-state index in [-0.39, 0.29) is 13.0 Å². The van der Waals surface area contributed by atoms with Gasteiger partial charge >= 0.3 is 5.97 Å². The predicted molar refractivity (Wildman–Crippen MR) is 34.3 cm³/mol. The van der Waals surface area contributed by atoms with Gasteiger partial charge in [-0.3, -0.25) is 4.79 Å². The molecular weight excluding hydrogens is 154 g/mol. The Kier molecular flexibility index (Phi) is 1.65. The second-order valence-corrected chi connectivity index (χ2v) is 2.93. The summed E-state index contributed by atoms with van der Waals surface area (Å²) in [5.74, 6) is -3.64. The molecule has 0 aliphatic heterocycles. The average Bonchev–Trinajstić information content (AvgIpc) is 2.35. The van der Waals surface area contributed by atoms with E-state index in [0.29, 0.717) is 0 Å². The zero-order valence-corrected chi connectivity index (χ0v) is 6.49. The van der Waals surface area contributed by atoms with Crippen LogP contribution in [-0.4, -0.2) is 18.5 Å². The summed E-state index contributed by atoms with van der Waals surface area (Å²) in [4.78, 5) is 10.8. The largest absolute Gasteiger partial charge is 0.465 e. The van der Waals surface area contributed by atoms with E-state index in [1.54, 1.807) is 6.92 Å². The number of ether oxygens (including phenoxy) is 1. The second kappa shape index (κ2) is 2.16. The van der Waals surface area contributed by atoms with Crippen molar-refractivity contribution in [3.05, 3.63) is 0 Å². The number of carbonyl (C=O) groups is 1. The van der Waals surface area contributed by atoms with Crippen LogP contribution in [0.5, 0.6) is 0 Å². The highest BCUT2D eigenvalue weighted by Gasteiger charge is 2.73. The first-order valence-electron chi connectivity index (χ1n) is 3.49. The van der Waals surface area contributed by atoms with Gasteiger partial charge in [0.25, 0.3) is 5.92 Å². The topological polar surface area (TPSA) is 26.3 Å². The van der Waals surface area contributed by atoms with Crippen LogP contribution < -0.4 is 0 Å². The number of hydrogen-bond donors (Lipinski definition) is 0. The number of alkyl halides is 2. The molecule has 0 aromatic rings. The first-order chi connectivity index (χ1) is 4.94. The van der Waals surface area contributed by atoms with Crippen LogP contribution >= 0.6 is 0 Å². The van der Waals surface area contributed by atoms with Crippen molar-refractivity contribution in [2.75, 3.05) is 6.61 Å². The molecule has 0 amide bonds. The fourth-order valence-electron chi connectivity index (χ4n) is 0.912. The monoisotopic (exact) mass is 164 g/mol. The van der Waals surface area contributed by atoms with E-state index in [9.17, 15) is 13.6 Å². The van der Waals surface area contributed by atoms with Gasteiger partial charge in [-0.1, -0.05) is 0 Å². The Hall–Kier alpha value is -0.670. The molecule has 0 saturated heterocycles. The van der Waals surface area contributed by atoms with Crippen molar-refractivity contribution < 1.29 is 18.3 Å². The van der Waals surface area contributed by atoms with E-state index >= 15 is 0 Å². The molecule has 0 heterocycles. The molecule has 0 radical (unpaired) electrons. The van der Waals surface area contributed by atoms with Crippen LogP contribution in [0.15, 0.2) is 0 Å². The normalized spacial score (nSPS) is 33.1. The van der Waals surface area contributed by atoms with Gasteiger partial charge in [-0.15, -0.1) is 0 Å². The summed E-state index contributed by atoms with van der Waals surface area (Å²) in [7, 11) is 0. The second-order valence-electron chi connectivity index (χ2n) is 2.93. The van der Waals surface area contributed by atoms with Gasteiger partial charge in [-0.05, 0) is 13.8 Å². The standard InChI is InChI=1S/C7H10F2O2/c1-3-11-5(10)6(2)4-7(6,8)9/h3-4H2,1-2H3/t6-/m1/s1. The number of carbonyl (C=O) groups excluding carboxylic acids is 1. The molecule has 1 aliphatic carbocycles. The van der Waals surface area contributed by atoms with Gasteiger partial charge in [0.2, 0.25) is 0 Å². The quantitative estimate of drug-likeness (QED) is 0.579. The molecule has 1 aliphatic rings. The molecule has 1 saturated carbocycles. The SMILES string of the molecule is CCOC(=O)[C@@]1(C)CC1(F)F. The molecule has 64 valence electrons. The van der Waals surface area contributed by atoms with Gasteiger partial charge in [0.1, 0.15) is 5.41 Å². The highest BCUT2D eigenvalue weighted by molar-refractivity contribution is 5.81. The lowest BCUT2D eigenvalue weighted by atomic mass is 10.1. The van der Waals surface area contributed by atoms with Crippen LogP contribution in [0.3, 0.4) is 0 Å². The Balaban J connectivity index is 2.57. The number of hydrogen-bond acceptors (Lipinski definition) is 2. The Morgan fingerprint density at radius 3 is 2.36 bits per heavy atom. The Bertz CT molecular complexity index is 191. The van der Waals surface area contributed by atoms with Crippen molar-refractivity contribution in [1.82, 2.24) is 0 Å². The lowest BCUT2D eigenvalue weighted by Gasteiger charge is -2.07. The average molecular weight is 164 g/mol. The Labute approximate surface area is 63.5 Å². The van der Waals surface area contributed by atoms with E-state index in [1.807, 2.05) is 0 Å². The smallest absolute Gasteiger partial charge is 0.318 e. The maximum atomic E-state index is 12.5. The lowest BCUT2D eigenvalue weighted by Crippen LogP contribution is -2.21. The maximum Gasteiger partial charge on any atom is 0.318 e. The highest BCUT2D eigenvalue weighted by atomic mass is 19.3. The van der Waals surface area contributed by atoms with E-state index in [2.05, 4.69) is 4.74 Å². The Morgan fingerprint density at radius 2 is 2.09 bits per heavy atom. The first-order valence-corrected chi connectivity index (χ1v) is 3.49. The van der Waals surface area contributed by atoms with Crippen molar-refractivity contribution >= 4 is 5.97 Å². The van der Waals surface area contributed by atoms with E-state index in [1.165, 1.54) is 6.92 Å². The van der Waals surface area contributed by atoms with Gasteiger partial charge in [0.15, 0.2) is 0 Å². The molecule has 2 nitrogen and oxygen atoms in total. The minimum atomic E-state index is -2.85. The zero-order chi connectivity index (χ0) is 8.70. The molecule has 0 aromatic heterocycles. The summed E-state index contributed by atoms with van der Waals surface area (Å²) in [6, 6.07) is 0. The summed E-state index contributed by atoms with van der Waals surface area (Å²) in [5.41, 5.74) is -1.54. The molecule has 1 atom stereocenters. The van der Waals surface area contributed by atoms with Crippen LogP contribution in [0.2, 0.25) is 0 Å². The minimum Gasteiger partial charge on any atom is -0.465 e. The van der Waals surface area contributed by atoms with Crippen molar-refractivity contribution in [3.8, 4) is 0 Å². The molecule has 0 aromatic carbocycles. The van der Waals surface area contributed by atoms with Gasteiger partial charge in [-0.2, -0.15) is 0 Å². The fraction of sp³-hybridized carbons (Fsp3) is 0.857. The molecule has 11 heavy (non-hydrogen) atoms. The summed E-state index contributed by atoms with van der Waals surface area (Å²) in [6.07, 6.45) is -0.376. The van der Waals surface area contributed by atoms with Gasteiger partial charge < -0.3 is 4.74 Å². The Morgan fingerprint density at radius 1 is 1.64 bits per heavy atom. The number of esters is 1. The molecule has 1 rings (SSSR count). The third-order valence-corrected chi connectivity index (χ3v) is 1.98.